The Kier molecular flexibility index (Phi) is 9.01. The Hall–Kier alpha value is -4.14. The first-order valence-corrected chi connectivity index (χ1v) is 12.9. The van der Waals surface area contributed by atoms with E-state index in [1.165, 1.54) is 0 Å². The van der Waals surface area contributed by atoms with E-state index >= 15 is 0 Å². The normalized spacial score (nSPS) is 13.1. The Morgan fingerprint density at radius 3 is 2.36 bits per heavy atom. The summed E-state index contributed by atoms with van der Waals surface area (Å²) < 4.78 is 5.13. The Balaban J connectivity index is 1.35. The summed E-state index contributed by atoms with van der Waals surface area (Å²) in [6, 6.07) is 20.2. The van der Waals surface area contributed by atoms with Gasteiger partial charge < -0.3 is 15.4 Å². The van der Waals surface area contributed by atoms with Crippen LogP contribution >= 0.6 is 23.2 Å². The first-order chi connectivity index (χ1) is 18.8. The van der Waals surface area contributed by atoms with Gasteiger partial charge in [-0.3, -0.25) is 19.3 Å². The van der Waals surface area contributed by atoms with Crippen molar-refractivity contribution in [2.24, 2.45) is 0 Å². The molecule has 0 spiro atoms. The van der Waals surface area contributed by atoms with E-state index in [0.717, 1.165) is 16.9 Å². The molecule has 3 aromatic carbocycles. The topological polar surface area (TPSA) is 105 Å². The second-order valence-electron chi connectivity index (χ2n) is 8.70. The smallest absolute Gasteiger partial charge is 0.338 e. The molecule has 0 aromatic heterocycles. The Labute approximate surface area is 235 Å². The number of hydrogen-bond donors (Lipinski definition) is 2. The van der Waals surface area contributed by atoms with Crippen LogP contribution in [-0.4, -0.2) is 35.2 Å². The second kappa shape index (κ2) is 12.6. The van der Waals surface area contributed by atoms with Crippen LogP contribution in [0.25, 0.3) is 0 Å². The van der Waals surface area contributed by atoms with E-state index in [1.54, 1.807) is 72.8 Å². The van der Waals surface area contributed by atoms with Crippen molar-refractivity contribution in [1.29, 1.82) is 0 Å². The number of imide groups is 1. The molecule has 1 aliphatic heterocycles. The van der Waals surface area contributed by atoms with Gasteiger partial charge in [0.15, 0.2) is 0 Å². The number of benzene rings is 3. The van der Waals surface area contributed by atoms with E-state index in [2.05, 4.69) is 10.6 Å². The van der Waals surface area contributed by atoms with Gasteiger partial charge in [-0.25, -0.2) is 4.79 Å². The highest BCUT2D eigenvalue weighted by Crippen LogP contribution is 2.26. The highest BCUT2D eigenvalue weighted by Gasteiger charge is 2.37. The monoisotopic (exact) mass is 565 g/mol. The van der Waals surface area contributed by atoms with Crippen LogP contribution in [0, 0.1) is 0 Å². The lowest BCUT2D eigenvalue weighted by Gasteiger charge is -2.16. The molecule has 8 nitrogen and oxygen atoms in total. The van der Waals surface area contributed by atoms with Crippen LogP contribution in [0.1, 0.15) is 45.2 Å². The summed E-state index contributed by atoms with van der Waals surface area (Å²) in [6.07, 6.45) is 0.717. The quantitative estimate of drug-likeness (QED) is 0.256. The molecule has 0 saturated carbocycles. The molecule has 0 aliphatic carbocycles. The van der Waals surface area contributed by atoms with Crippen LogP contribution in [0.15, 0.2) is 83.5 Å². The molecule has 10 heteroatoms. The molecule has 4 rings (SSSR count). The fourth-order valence-electron chi connectivity index (χ4n) is 3.81. The Morgan fingerprint density at radius 1 is 0.897 bits per heavy atom. The van der Waals surface area contributed by atoms with E-state index in [0.29, 0.717) is 34.0 Å². The third-order valence-corrected chi connectivity index (χ3v) is 6.60. The van der Waals surface area contributed by atoms with Crippen LogP contribution in [0.5, 0.6) is 0 Å². The standard InChI is InChI=1S/C29H25Cl2N3O5/c1-2-14-39-29(38)20-7-5-8-22(15-20)33-26(35)19-12-10-18(11-13-19)16-32-25-24(31)27(36)34(28(25)37)17-21-6-3-4-9-23(21)30/h3-13,15,32H,2,14,16-17H2,1H3,(H,33,35). The summed E-state index contributed by atoms with van der Waals surface area (Å²) in [7, 11) is 0. The van der Waals surface area contributed by atoms with Crippen molar-refractivity contribution in [1.82, 2.24) is 10.2 Å². The molecule has 0 radical (unpaired) electrons. The molecular weight excluding hydrogens is 541 g/mol. The molecule has 1 heterocycles. The zero-order valence-electron chi connectivity index (χ0n) is 21.0. The lowest BCUT2D eigenvalue weighted by molar-refractivity contribution is -0.138. The van der Waals surface area contributed by atoms with Gasteiger partial charge in [-0.2, -0.15) is 0 Å². The summed E-state index contributed by atoms with van der Waals surface area (Å²) in [5.41, 5.74) is 2.60. The largest absolute Gasteiger partial charge is 0.462 e. The summed E-state index contributed by atoms with van der Waals surface area (Å²) in [5, 5.41) is 5.96. The first-order valence-electron chi connectivity index (χ1n) is 12.2. The zero-order chi connectivity index (χ0) is 27.9. The number of anilines is 1. The lowest BCUT2D eigenvalue weighted by atomic mass is 10.1. The van der Waals surface area contributed by atoms with Crippen LogP contribution in [0.2, 0.25) is 5.02 Å². The SMILES string of the molecule is CCCOC(=O)c1cccc(NC(=O)c2ccc(CNC3=C(Cl)C(=O)N(Cc4ccccc4Cl)C3=O)cc2)c1. The lowest BCUT2D eigenvalue weighted by Crippen LogP contribution is -2.33. The maximum absolute atomic E-state index is 12.9. The summed E-state index contributed by atoms with van der Waals surface area (Å²) in [4.78, 5) is 51.3. The van der Waals surface area contributed by atoms with Gasteiger partial charge in [-0.05, 0) is 53.9 Å². The molecule has 39 heavy (non-hydrogen) atoms. The second-order valence-corrected chi connectivity index (χ2v) is 9.48. The van der Waals surface area contributed by atoms with Gasteiger partial charge in [-0.15, -0.1) is 0 Å². The molecule has 3 amide bonds. The van der Waals surface area contributed by atoms with Crippen LogP contribution in [-0.2, 0) is 27.4 Å². The van der Waals surface area contributed by atoms with Crippen LogP contribution < -0.4 is 10.6 Å². The van der Waals surface area contributed by atoms with Crippen molar-refractivity contribution in [2.45, 2.75) is 26.4 Å². The number of nitrogens with one attached hydrogen (secondary N) is 2. The van der Waals surface area contributed by atoms with Crippen molar-refractivity contribution in [3.8, 4) is 0 Å². The highest BCUT2D eigenvalue weighted by molar-refractivity contribution is 6.47. The summed E-state index contributed by atoms with van der Waals surface area (Å²) >= 11 is 12.3. The maximum atomic E-state index is 12.9. The summed E-state index contributed by atoms with van der Waals surface area (Å²) in [6.45, 7) is 2.44. The molecule has 0 bridgehead atoms. The number of esters is 1. The first kappa shape index (κ1) is 27.9. The number of carbonyl (C=O) groups excluding carboxylic acids is 4. The highest BCUT2D eigenvalue weighted by atomic mass is 35.5. The van der Waals surface area contributed by atoms with E-state index in [9.17, 15) is 19.2 Å². The van der Waals surface area contributed by atoms with Gasteiger partial charge in [0, 0.05) is 22.8 Å². The van der Waals surface area contributed by atoms with Gasteiger partial charge in [-0.1, -0.05) is 66.5 Å². The number of ether oxygens (including phenoxy) is 1. The van der Waals surface area contributed by atoms with Gasteiger partial charge in [0.2, 0.25) is 0 Å². The Morgan fingerprint density at radius 2 is 1.64 bits per heavy atom. The minimum Gasteiger partial charge on any atom is -0.462 e. The van der Waals surface area contributed by atoms with Crippen molar-refractivity contribution in [3.05, 3.63) is 111 Å². The maximum Gasteiger partial charge on any atom is 0.338 e. The van der Waals surface area contributed by atoms with Crippen molar-refractivity contribution in [3.63, 3.8) is 0 Å². The molecule has 1 aliphatic rings. The molecular formula is C29H25Cl2N3O5. The van der Waals surface area contributed by atoms with Crippen LogP contribution in [0.3, 0.4) is 0 Å². The average Bonchev–Trinajstić information content (AvgIpc) is 3.14. The molecule has 0 unspecified atom stereocenters. The molecule has 0 fully saturated rings. The molecule has 3 aromatic rings. The van der Waals surface area contributed by atoms with Gasteiger partial charge in [0.25, 0.3) is 17.7 Å². The number of carbonyl (C=O) groups is 4. The van der Waals surface area contributed by atoms with Crippen molar-refractivity contribution >= 4 is 52.6 Å². The van der Waals surface area contributed by atoms with Gasteiger partial charge >= 0.3 is 5.97 Å². The van der Waals surface area contributed by atoms with Crippen molar-refractivity contribution in [2.75, 3.05) is 11.9 Å². The van der Waals surface area contributed by atoms with E-state index in [4.69, 9.17) is 27.9 Å². The minimum atomic E-state index is -0.598. The van der Waals surface area contributed by atoms with Gasteiger partial charge in [0.1, 0.15) is 10.7 Å². The van der Waals surface area contributed by atoms with E-state index < -0.39 is 17.8 Å². The predicted molar refractivity (Wildman–Crippen MR) is 148 cm³/mol. The number of hydrogen-bond acceptors (Lipinski definition) is 6. The zero-order valence-corrected chi connectivity index (χ0v) is 22.5. The third-order valence-electron chi connectivity index (χ3n) is 5.88. The van der Waals surface area contributed by atoms with E-state index in [-0.39, 0.29) is 29.7 Å². The predicted octanol–water partition coefficient (Wildman–Crippen LogP) is 5.27. The number of halogens is 2. The van der Waals surface area contributed by atoms with Crippen LogP contribution in [0.4, 0.5) is 5.69 Å². The number of amides is 3. The average molecular weight is 566 g/mol. The van der Waals surface area contributed by atoms with E-state index in [1.807, 2.05) is 6.92 Å². The minimum absolute atomic E-state index is 0.00534. The number of rotatable bonds is 10. The third kappa shape index (κ3) is 6.66. The fraction of sp³-hybridized carbons (Fsp3) is 0.172. The summed E-state index contributed by atoms with van der Waals surface area (Å²) in [5.74, 6) is -1.94. The molecule has 2 N–H and O–H groups in total. The van der Waals surface area contributed by atoms with Gasteiger partial charge in [0.05, 0.1) is 18.7 Å². The molecule has 0 atom stereocenters. The molecule has 200 valence electrons. The number of nitrogens with zero attached hydrogens (tertiary/aromatic N) is 1. The molecule has 0 saturated heterocycles. The van der Waals surface area contributed by atoms with Crippen molar-refractivity contribution < 1.29 is 23.9 Å². The fourth-order valence-corrected chi connectivity index (χ4v) is 4.26. The Bertz CT molecular complexity index is 1450.